The van der Waals surface area contributed by atoms with Gasteiger partial charge in [-0.25, -0.2) is 0 Å². The molecule has 116 valence electrons. The molecule has 0 saturated heterocycles. The van der Waals surface area contributed by atoms with Crippen molar-refractivity contribution in [2.45, 2.75) is 20.4 Å². The second-order valence-corrected chi connectivity index (χ2v) is 6.08. The minimum absolute atomic E-state index is 0.0357. The van der Waals surface area contributed by atoms with Crippen LogP contribution in [0, 0.1) is 13.8 Å². The van der Waals surface area contributed by atoms with Gasteiger partial charge in [0.1, 0.15) is 0 Å². The van der Waals surface area contributed by atoms with Gasteiger partial charge in [0.05, 0.1) is 10.7 Å². The summed E-state index contributed by atoms with van der Waals surface area (Å²) in [4.78, 5) is 13.6. The molecule has 0 heterocycles. The van der Waals surface area contributed by atoms with E-state index in [9.17, 15) is 4.79 Å². The van der Waals surface area contributed by atoms with Crippen LogP contribution in [-0.4, -0.2) is 24.9 Å². The average Bonchev–Trinajstić information content (AvgIpc) is 2.48. The van der Waals surface area contributed by atoms with Crippen molar-refractivity contribution in [2.24, 2.45) is 0 Å². The topological polar surface area (TPSA) is 32.3 Å². The SMILES string of the molecule is Cc1ccc(C)c(CNc2cc(C(=O)N(C)C)ccc2Cl)c1. The monoisotopic (exact) mass is 316 g/mol. The fourth-order valence-electron chi connectivity index (χ4n) is 2.23. The molecule has 0 atom stereocenters. The Hall–Kier alpha value is -2.00. The van der Waals surface area contributed by atoms with Crippen LogP contribution in [0.4, 0.5) is 5.69 Å². The highest BCUT2D eigenvalue weighted by atomic mass is 35.5. The highest BCUT2D eigenvalue weighted by molar-refractivity contribution is 6.33. The molecule has 0 saturated carbocycles. The van der Waals surface area contributed by atoms with Crippen LogP contribution in [0.5, 0.6) is 0 Å². The molecule has 0 aliphatic rings. The van der Waals surface area contributed by atoms with Gasteiger partial charge in [-0.1, -0.05) is 35.4 Å². The van der Waals surface area contributed by atoms with Crippen LogP contribution in [0.1, 0.15) is 27.0 Å². The van der Waals surface area contributed by atoms with Gasteiger partial charge in [0.15, 0.2) is 0 Å². The van der Waals surface area contributed by atoms with E-state index in [2.05, 4.69) is 37.4 Å². The maximum atomic E-state index is 12.0. The van der Waals surface area contributed by atoms with Gasteiger partial charge in [-0.15, -0.1) is 0 Å². The summed E-state index contributed by atoms with van der Waals surface area (Å²) in [6.45, 7) is 4.84. The third-order valence-electron chi connectivity index (χ3n) is 3.59. The third-order valence-corrected chi connectivity index (χ3v) is 3.92. The molecular formula is C18H21ClN2O. The number of hydrogen-bond acceptors (Lipinski definition) is 2. The molecule has 0 radical (unpaired) electrons. The first-order valence-electron chi connectivity index (χ1n) is 7.19. The summed E-state index contributed by atoms with van der Waals surface area (Å²) in [7, 11) is 3.47. The van der Waals surface area contributed by atoms with Gasteiger partial charge < -0.3 is 10.2 Å². The van der Waals surface area contributed by atoms with E-state index in [4.69, 9.17) is 11.6 Å². The number of aryl methyl sites for hydroxylation is 2. The van der Waals surface area contributed by atoms with Gasteiger partial charge in [0.2, 0.25) is 0 Å². The number of hydrogen-bond donors (Lipinski definition) is 1. The number of nitrogens with one attached hydrogen (secondary N) is 1. The van der Waals surface area contributed by atoms with Gasteiger partial charge in [-0.2, -0.15) is 0 Å². The lowest BCUT2D eigenvalue weighted by molar-refractivity contribution is 0.0827. The highest BCUT2D eigenvalue weighted by Crippen LogP contribution is 2.24. The standard InChI is InChI=1S/C18H21ClN2O/c1-12-5-6-13(2)15(9-12)11-20-17-10-14(7-8-16(17)19)18(22)21(3)4/h5-10,20H,11H2,1-4H3. The molecule has 0 aliphatic heterocycles. The van der Waals surface area contributed by atoms with Crippen molar-refractivity contribution in [3.05, 3.63) is 63.7 Å². The van der Waals surface area contributed by atoms with Crippen molar-refractivity contribution in [3.8, 4) is 0 Å². The zero-order valence-electron chi connectivity index (χ0n) is 13.4. The summed E-state index contributed by atoms with van der Waals surface area (Å²) < 4.78 is 0. The van der Waals surface area contributed by atoms with E-state index in [1.807, 2.05) is 0 Å². The van der Waals surface area contributed by atoms with Gasteiger partial charge in [0, 0.05) is 26.2 Å². The van der Waals surface area contributed by atoms with Crippen LogP contribution >= 0.6 is 11.6 Å². The highest BCUT2D eigenvalue weighted by Gasteiger charge is 2.10. The molecule has 2 aromatic rings. The summed E-state index contributed by atoms with van der Waals surface area (Å²) >= 11 is 6.23. The minimum Gasteiger partial charge on any atom is -0.380 e. The summed E-state index contributed by atoms with van der Waals surface area (Å²) in [6, 6.07) is 11.7. The summed E-state index contributed by atoms with van der Waals surface area (Å²) in [6.07, 6.45) is 0. The van der Waals surface area contributed by atoms with Crippen LogP contribution in [0.2, 0.25) is 5.02 Å². The van der Waals surface area contributed by atoms with E-state index < -0.39 is 0 Å². The Kier molecular flexibility index (Phi) is 5.09. The molecule has 1 amide bonds. The first-order valence-corrected chi connectivity index (χ1v) is 7.57. The minimum atomic E-state index is -0.0357. The summed E-state index contributed by atoms with van der Waals surface area (Å²) in [5.41, 5.74) is 5.08. The van der Waals surface area contributed by atoms with E-state index in [1.165, 1.54) is 16.7 Å². The molecule has 0 unspecified atom stereocenters. The van der Waals surface area contributed by atoms with Crippen molar-refractivity contribution in [3.63, 3.8) is 0 Å². The van der Waals surface area contributed by atoms with E-state index >= 15 is 0 Å². The van der Waals surface area contributed by atoms with Crippen molar-refractivity contribution >= 4 is 23.2 Å². The van der Waals surface area contributed by atoms with Crippen LogP contribution in [0.25, 0.3) is 0 Å². The number of anilines is 1. The van der Waals surface area contributed by atoms with E-state index in [0.29, 0.717) is 17.1 Å². The van der Waals surface area contributed by atoms with Crippen molar-refractivity contribution in [1.29, 1.82) is 0 Å². The van der Waals surface area contributed by atoms with E-state index in [1.54, 1.807) is 37.2 Å². The molecule has 4 heteroatoms. The molecular weight excluding hydrogens is 296 g/mol. The zero-order chi connectivity index (χ0) is 16.3. The quantitative estimate of drug-likeness (QED) is 0.913. The van der Waals surface area contributed by atoms with Crippen LogP contribution in [0.15, 0.2) is 36.4 Å². The number of nitrogens with zero attached hydrogens (tertiary/aromatic N) is 1. The molecule has 22 heavy (non-hydrogen) atoms. The van der Waals surface area contributed by atoms with Crippen LogP contribution < -0.4 is 5.32 Å². The lowest BCUT2D eigenvalue weighted by atomic mass is 10.1. The van der Waals surface area contributed by atoms with Crippen molar-refractivity contribution in [1.82, 2.24) is 4.90 Å². The second kappa shape index (κ2) is 6.84. The Morgan fingerprint density at radius 2 is 1.86 bits per heavy atom. The largest absolute Gasteiger partial charge is 0.380 e. The molecule has 0 spiro atoms. The number of halogens is 1. The van der Waals surface area contributed by atoms with Gasteiger partial charge in [-0.05, 0) is 43.2 Å². The summed E-state index contributed by atoms with van der Waals surface area (Å²) in [5.74, 6) is -0.0357. The number of carbonyl (C=O) groups excluding carboxylic acids is 1. The summed E-state index contributed by atoms with van der Waals surface area (Å²) in [5, 5.41) is 3.94. The van der Waals surface area contributed by atoms with Gasteiger partial charge >= 0.3 is 0 Å². The maximum Gasteiger partial charge on any atom is 0.253 e. The Morgan fingerprint density at radius 1 is 1.14 bits per heavy atom. The van der Waals surface area contributed by atoms with Crippen LogP contribution in [-0.2, 0) is 6.54 Å². The van der Waals surface area contributed by atoms with Crippen molar-refractivity contribution < 1.29 is 4.79 Å². The molecule has 0 aliphatic carbocycles. The zero-order valence-corrected chi connectivity index (χ0v) is 14.2. The Morgan fingerprint density at radius 3 is 2.55 bits per heavy atom. The average molecular weight is 317 g/mol. The Bertz CT molecular complexity index is 695. The van der Waals surface area contributed by atoms with Crippen molar-refractivity contribution in [2.75, 3.05) is 19.4 Å². The smallest absolute Gasteiger partial charge is 0.253 e. The predicted molar refractivity (Wildman–Crippen MR) is 92.7 cm³/mol. The third kappa shape index (κ3) is 3.80. The molecule has 2 rings (SSSR count). The number of amides is 1. The van der Waals surface area contributed by atoms with Crippen LogP contribution in [0.3, 0.4) is 0 Å². The lowest BCUT2D eigenvalue weighted by Crippen LogP contribution is -2.21. The molecule has 1 N–H and O–H groups in total. The number of benzene rings is 2. The molecule has 0 bridgehead atoms. The molecule has 2 aromatic carbocycles. The maximum absolute atomic E-state index is 12.0. The lowest BCUT2D eigenvalue weighted by Gasteiger charge is -2.14. The van der Waals surface area contributed by atoms with E-state index in [0.717, 1.165) is 5.69 Å². The molecule has 0 fully saturated rings. The fourth-order valence-corrected chi connectivity index (χ4v) is 2.42. The predicted octanol–water partition coefficient (Wildman–Crippen LogP) is 4.27. The van der Waals surface area contributed by atoms with Gasteiger partial charge in [-0.3, -0.25) is 4.79 Å². The molecule has 3 nitrogen and oxygen atoms in total. The Labute approximate surface area is 136 Å². The fraction of sp³-hybridized carbons (Fsp3) is 0.278. The number of rotatable bonds is 4. The normalized spacial score (nSPS) is 10.4. The molecule has 0 aromatic heterocycles. The first-order chi connectivity index (χ1) is 10.4. The second-order valence-electron chi connectivity index (χ2n) is 5.68. The Balaban J connectivity index is 2.20. The van der Waals surface area contributed by atoms with Gasteiger partial charge in [0.25, 0.3) is 5.91 Å². The van der Waals surface area contributed by atoms with E-state index in [-0.39, 0.29) is 5.91 Å². The number of carbonyl (C=O) groups is 1. The first kappa shape index (κ1) is 16.4.